The molecule has 0 amide bonds. The summed E-state index contributed by atoms with van der Waals surface area (Å²) < 4.78 is 10.8. The Hall–Kier alpha value is -2.60. The number of thiocarbonyl (C=S) groups is 1. The third-order valence-corrected chi connectivity index (χ3v) is 3.74. The normalized spacial score (nSPS) is 11.8. The molecular formula is C17H17N3O2S. The van der Waals surface area contributed by atoms with E-state index in [4.69, 9.17) is 21.7 Å². The molecule has 118 valence electrons. The van der Waals surface area contributed by atoms with Gasteiger partial charge >= 0.3 is 0 Å². The minimum Gasteiger partial charge on any atom is -0.454 e. The van der Waals surface area contributed by atoms with Gasteiger partial charge in [0.05, 0.1) is 6.54 Å². The van der Waals surface area contributed by atoms with Crippen LogP contribution in [0.15, 0.2) is 55.4 Å². The van der Waals surface area contributed by atoms with Crippen molar-refractivity contribution in [2.24, 2.45) is 0 Å². The minimum atomic E-state index is 0.251. The van der Waals surface area contributed by atoms with Crippen LogP contribution in [0.5, 0.6) is 11.5 Å². The van der Waals surface area contributed by atoms with Gasteiger partial charge in [0.2, 0.25) is 6.79 Å². The summed E-state index contributed by atoms with van der Waals surface area (Å²) in [7, 11) is 0. The topological polar surface area (TPSA) is 46.6 Å². The number of fused-ring (bicyclic) bond motifs is 1. The van der Waals surface area contributed by atoms with Gasteiger partial charge in [-0.3, -0.25) is 4.98 Å². The second-order valence-corrected chi connectivity index (χ2v) is 5.35. The van der Waals surface area contributed by atoms with Crippen LogP contribution in [0.3, 0.4) is 0 Å². The number of pyridine rings is 1. The molecule has 1 aliphatic heterocycles. The third kappa shape index (κ3) is 3.60. The van der Waals surface area contributed by atoms with E-state index in [0.29, 0.717) is 18.2 Å². The van der Waals surface area contributed by atoms with Crippen molar-refractivity contribution in [3.63, 3.8) is 0 Å². The molecule has 6 heteroatoms. The second kappa shape index (κ2) is 7.11. The van der Waals surface area contributed by atoms with Gasteiger partial charge < -0.3 is 19.7 Å². The van der Waals surface area contributed by atoms with Crippen molar-refractivity contribution in [1.29, 1.82) is 0 Å². The molecule has 0 atom stereocenters. The summed E-state index contributed by atoms with van der Waals surface area (Å²) in [5.74, 6) is 1.48. The van der Waals surface area contributed by atoms with Crippen molar-refractivity contribution in [1.82, 2.24) is 10.3 Å². The highest BCUT2D eigenvalue weighted by molar-refractivity contribution is 7.80. The fourth-order valence-corrected chi connectivity index (χ4v) is 2.52. The number of nitrogens with one attached hydrogen (secondary N) is 1. The van der Waals surface area contributed by atoms with Crippen LogP contribution >= 0.6 is 12.2 Å². The molecule has 0 unspecified atom stereocenters. The van der Waals surface area contributed by atoms with Gasteiger partial charge in [-0.05, 0) is 36.0 Å². The lowest BCUT2D eigenvalue weighted by Crippen LogP contribution is -2.39. The van der Waals surface area contributed by atoms with Crippen molar-refractivity contribution in [2.45, 2.75) is 6.54 Å². The van der Waals surface area contributed by atoms with E-state index >= 15 is 0 Å². The number of ether oxygens (including phenoxy) is 2. The maximum atomic E-state index is 5.52. The van der Waals surface area contributed by atoms with Gasteiger partial charge in [-0.2, -0.15) is 0 Å². The highest BCUT2D eigenvalue weighted by Gasteiger charge is 2.18. The van der Waals surface area contributed by atoms with E-state index in [1.54, 1.807) is 12.3 Å². The van der Waals surface area contributed by atoms with Gasteiger partial charge in [-0.25, -0.2) is 0 Å². The first-order valence-corrected chi connectivity index (χ1v) is 7.63. The number of aromatic nitrogens is 1. The van der Waals surface area contributed by atoms with Crippen LogP contribution < -0.4 is 19.7 Å². The predicted octanol–water partition coefficient (Wildman–Crippen LogP) is 2.88. The molecule has 23 heavy (non-hydrogen) atoms. The highest BCUT2D eigenvalue weighted by atomic mass is 32.1. The standard InChI is InChI=1S/C17H17N3O2S/c1-2-7-19-17(23)20(11-13-4-3-8-18-10-13)14-5-6-15-16(9-14)22-12-21-15/h2-6,8-10H,1,7,11-12H2,(H,19,23). The molecule has 0 fully saturated rings. The Labute approximate surface area is 140 Å². The van der Waals surface area contributed by atoms with E-state index in [0.717, 1.165) is 22.7 Å². The van der Waals surface area contributed by atoms with Crippen molar-refractivity contribution in [3.05, 3.63) is 60.9 Å². The minimum absolute atomic E-state index is 0.251. The van der Waals surface area contributed by atoms with Crippen LogP contribution in [-0.2, 0) is 6.54 Å². The van der Waals surface area contributed by atoms with Crippen molar-refractivity contribution >= 4 is 23.0 Å². The summed E-state index contributed by atoms with van der Waals surface area (Å²) in [6.45, 7) is 5.17. The Bertz CT molecular complexity index is 706. The highest BCUT2D eigenvalue weighted by Crippen LogP contribution is 2.35. The quantitative estimate of drug-likeness (QED) is 0.673. The van der Waals surface area contributed by atoms with Crippen LogP contribution in [0.25, 0.3) is 0 Å². The summed E-state index contributed by atoms with van der Waals surface area (Å²) in [5.41, 5.74) is 1.99. The predicted molar refractivity (Wildman–Crippen MR) is 93.8 cm³/mol. The smallest absolute Gasteiger partial charge is 0.231 e. The lowest BCUT2D eigenvalue weighted by atomic mass is 10.2. The van der Waals surface area contributed by atoms with E-state index < -0.39 is 0 Å². The molecule has 2 heterocycles. The number of rotatable bonds is 5. The molecule has 1 aliphatic rings. The summed E-state index contributed by atoms with van der Waals surface area (Å²) in [6, 6.07) is 9.72. The molecule has 0 aliphatic carbocycles. The molecular weight excluding hydrogens is 310 g/mol. The fourth-order valence-electron chi connectivity index (χ4n) is 2.26. The third-order valence-electron chi connectivity index (χ3n) is 3.37. The largest absolute Gasteiger partial charge is 0.454 e. The molecule has 5 nitrogen and oxygen atoms in total. The zero-order chi connectivity index (χ0) is 16.1. The van der Waals surface area contributed by atoms with Gasteiger partial charge in [0.1, 0.15) is 0 Å². The van der Waals surface area contributed by atoms with Gasteiger partial charge in [-0.15, -0.1) is 6.58 Å². The Morgan fingerprint density at radius 2 is 2.22 bits per heavy atom. The second-order valence-electron chi connectivity index (χ2n) is 4.96. The van der Waals surface area contributed by atoms with E-state index in [1.807, 2.05) is 41.4 Å². The molecule has 0 radical (unpaired) electrons. The first kappa shape index (κ1) is 15.3. The van der Waals surface area contributed by atoms with Crippen LogP contribution in [0, 0.1) is 0 Å². The first-order chi connectivity index (χ1) is 11.3. The monoisotopic (exact) mass is 327 g/mol. The molecule has 1 aromatic heterocycles. The molecule has 0 bridgehead atoms. The Morgan fingerprint density at radius 3 is 3.00 bits per heavy atom. The van der Waals surface area contributed by atoms with Gasteiger partial charge in [-0.1, -0.05) is 12.1 Å². The van der Waals surface area contributed by atoms with E-state index in [1.165, 1.54) is 0 Å². The van der Waals surface area contributed by atoms with Gasteiger partial charge in [0.25, 0.3) is 0 Å². The Morgan fingerprint density at radius 1 is 1.35 bits per heavy atom. The SMILES string of the molecule is C=CCNC(=S)N(Cc1cccnc1)c1ccc2c(c1)OCO2. The summed E-state index contributed by atoms with van der Waals surface area (Å²) in [5, 5.41) is 3.78. The van der Waals surface area contributed by atoms with Crippen molar-refractivity contribution < 1.29 is 9.47 Å². The summed E-state index contributed by atoms with van der Waals surface area (Å²) in [4.78, 5) is 6.16. The van der Waals surface area contributed by atoms with Gasteiger partial charge in [0, 0.05) is 30.7 Å². The first-order valence-electron chi connectivity index (χ1n) is 7.23. The number of hydrogen-bond acceptors (Lipinski definition) is 4. The molecule has 0 saturated carbocycles. The van der Waals surface area contributed by atoms with Crippen molar-refractivity contribution in [3.8, 4) is 11.5 Å². The molecule has 2 aromatic rings. The average Bonchev–Trinajstić information content (AvgIpc) is 3.06. The number of nitrogens with zero attached hydrogens (tertiary/aromatic N) is 2. The van der Waals surface area contributed by atoms with Gasteiger partial charge in [0.15, 0.2) is 16.6 Å². The van der Waals surface area contributed by atoms with Crippen molar-refractivity contribution in [2.75, 3.05) is 18.2 Å². The number of anilines is 1. The average molecular weight is 327 g/mol. The molecule has 1 N–H and O–H groups in total. The summed E-state index contributed by atoms with van der Waals surface area (Å²) in [6.07, 6.45) is 5.35. The maximum absolute atomic E-state index is 5.52. The zero-order valence-corrected chi connectivity index (χ0v) is 13.4. The molecule has 0 saturated heterocycles. The molecule has 3 rings (SSSR count). The Balaban J connectivity index is 1.87. The molecule has 0 spiro atoms. The van der Waals surface area contributed by atoms with E-state index in [2.05, 4.69) is 16.9 Å². The van der Waals surface area contributed by atoms with Crippen LogP contribution in [-0.4, -0.2) is 23.4 Å². The number of hydrogen-bond donors (Lipinski definition) is 1. The van der Waals surface area contributed by atoms with Crippen LogP contribution in [0.2, 0.25) is 0 Å². The van der Waals surface area contributed by atoms with Crippen LogP contribution in [0.4, 0.5) is 5.69 Å². The molecule has 1 aromatic carbocycles. The van der Waals surface area contributed by atoms with E-state index in [9.17, 15) is 0 Å². The fraction of sp³-hybridized carbons (Fsp3) is 0.176. The number of benzene rings is 1. The lowest BCUT2D eigenvalue weighted by molar-refractivity contribution is 0.174. The Kier molecular flexibility index (Phi) is 4.73. The van der Waals surface area contributed by atoms with E-state index in [-0.39, 0.29) is 6.79 Å². The maximum Gasteiger partial charge on any atom is 0.231 e. The zero-order valence-electron chi connectivity index (χ0n) is 12.6. The summed E-state index contributed by atoms with van der Waals surface area (Å²) >= 11 is 5.52. The van der Waals surface area contributed by atoms with Crippen LogP contribution in [0.1, 0.15) is 5.56 Å². The lowest BCUT2D eigenvalue weighted by Gasteiger charge is -2.26.